The molecule has 2 aromatic carbocycles. The minimum atomic E-state index is -0.970. The third-order valence-corrected chi connectivity index (χ3v) is 3.41. The van der Waals surface area contributed by atoms with E-state index in [2.05, 4.69) is 5.32 Å². The zero-order chi connectivity index (χ0) is 16.1. The fraction of sp³-hybridized carbons (Fsp3) is 0.125. The normalized spacial score (nSPS) is 11.6. The predicted molar refractivity (Wildman–Crippen MR) is 86.4 cm³/mol. The van der Waals surface area contributed by atoms with Gasteiger partial charge in [-0.15, -0.1) is 0 Å². The quantitative estimate of drug-likeness (QED) is 0.851. The van der Waals surface area contributed by atoms with E-state index in [-0.39, 0.29) is 10.6 Å². The number of carbonyl (C=O) groups excluding carboxylic acids is 2. The van der Waals surface area contributed by atoms with E-state index in [0.717, 1.165) is 0 Å². The van der Waals surface area contributed by atoms with Crippen molar-refractivity contribution in [2.45, 2.75) is 13.0 Å². The van der Waals surface area contributed by atoms with Gasteiger partial charge < -0.3 is 10.1 Å². The molecule has 0 aliphatic heterocycles. The van der Waals surface area contributed by atoms with Gasteiger partial charge in [-0.1, -0.05) is 41.4 Å². The average molecular weight is 338 g/mol. The molecule has 0 aliphatic rings. The molecule has 22 heavy (non-hydrogen) atoms. The van der Waals surface area contributed by atoms with Crippen LogP contribution in [0.3, 0.4) is 0 Å². The molecule has 114 valence electrons. The van der Waals surface area contributed by atoms with Crippen LogP contribution in [0, 0.1) is 0 Å². The van der Waals surface area contributed by atoms with Crippen LogP contribution in [0.4, 0.5) is 5.69 Å². The number of hydrogen-bond acceptors (Lipinski definition) is 3. The Morgan fingerprint density at radius 2 is 1.77 bits per heavy atom. The Morgan fingerprint density at radius 1 is 1.09 bits per heavy atom. The van der Waals surface area contributed by atoms with Crippen molar-refractivity contribution in [1.29, 1.82) is 0 Å². The molecule has 0 heterocycles. The average Bonchev–Trinajstić information content (AvgIpc) is 2.50. The number of rotatable bonds is 4. The summed E-state index contributed by atoms with van der Waals surface area (Å²) >= 11 is 11.7. The van der Waals surface area contributed by atoms with Gasteiger partial charge in [0.25, 0.3) is 5.91 Å². The molecule has 1 unspecified atom stereocenters. The molecule has 6 heteroatoms. The standard InChI is InChI=1S/C16H13Cl2NO3/c1-10(15(20)19-12-5-3-2-4-6-12)22-16(21)13-9-11(17)7-8-14(13)18/h2-10H,1H3,(H,19,20). The molecule has 0 aromatic heterocycles. The van der Waals surface area contributed by atoms with Gasteiger partial charge in [0.05, 0.1) is 10.6 Å². The number of nitrogens with one attached hydrogen (secondary N) is 1. The Morgan fingerprint density at radius 3 is 2.45 bits per heavy atom. The predicted octanol–water partition coefficient (Wildman–Crippen LogP) is 4.18. The highest BCUT2D eigenvalue weighted by Crippen LogP contribution is 2.22. The number of esters is 1. The zero-order valence-corrected chi connectivity index (χ0v) is 13.2. The second-order valence-corrected chi connectivity index (χ2v) is 5.37. The van der Waals surface area contributed by atoms with Crippen molar-refractivity contribution in [2.75, 3.05) is 5.32 Å². The fourth-order valence-corrected chi connectivity index (χ4v) is 2.06. The van der Waals surface area contributed by atoms with Crippen molar-refractivity contribution in [3.8, 4) is 0 Å². The second kappa shape index (κ2) is 7.29. The molecule has 4 nitrogen and oxygen atoms in total. The molecular formula is C16H13Cl2NO3. The summed E-state index contributed by atoms with van der Waals surface area (Å²) in [6, 6.07) is 13.3. The van der Waals surface area contributed by atoms with Crippen LogP contribution in [0.1, 0.15) is 17.3 Å². The molecule has 0 spiro atoms. The number of amides is 1. The number of anilines is 1. The molecule has 0 saturated heterocycles. The van der Waals surface area contributed by atoms with Gasteiger partial charge in [0.1, 0.15) is 0 Å². The molecule has 2 rings (SSSR count). The molecule has 0 bridgehead atoms. The molecule has 0 saturated carbocycles. The maximum atomic E-state index is 12.0. The van der Waals surface area contributed by atoms with E-state index >= 15 is 0 Å². The molecule has 1 N–H and O–H groups in total. The molecule has 2 aromatic rings. The van der Waals surface area contributed by atoms with Crippen LogP contribution in [-0.2, 0) is 9.53 Å². The van der Waals surface area contributed by atoms with Crippen LogP contribution in [-0.4, -0.2) is 18.0 Å². The molecule has 0 fully saturated rings. The minimum absolute atomic E-state index is 0.119. The summed E-state index contributed by atoms with van der Waals surface area (Å²) in [5, 5.41) is 3.22. The highest BCUT2D eigenvalue weighted by atomic mass is 35.5. The largest absolute Gasteiger partial charge is 0.449 e. The Kier molecular flexibility index (Phi) is 5.41. The Labute approximate surface area is 138 Å². The molecular weight excluding hydrogens is 325 g/mol. The molecule has 0 radical (unpaired) electrons. The van der Waals surface area contributed by atoms with E-state index in [1.165, 1.54) is 19.1 Å². The van der Waals surface area contributed by atoms with E-state index in [1.54, 1.807) is 30.3 Å². The van der Waals surface area contributed by atoms with Crippen molar-refractivity contribution in [3.05, 3.63) is 64.1 Å². The lowest BCUT2D eigenvalue weighted by atomic mass is 10.2. The molecule has 1 atom stereocenters. The second-order valence-electron chi connectivity index (χ2n) is 4.53. The van der Waals surface area contributed by atoms with E-state index < -0.39 is 18.0 Å². The third-order valence-electron chi connectivity index (χ3n) is 2.84. The van der Waals surface area contributed by atoms with Crippen LogP contribution >= 0.6 is 23.2 Å². The summed E-state index contributed by atoms with van der Waals surface area (Å²) in [5.41, 5.74) is 0.740. The van der Waals surface area contributed by atoms with E-state index in [1.807, 2.05) is 6.07 Å². The van der Waals surface area contributed by atoms with Crippen LogP contribution in [0.25, 0.3) is 0 Å². The van der Waals surface area contributed by atoms with Gasteiger partial charge >= 0.3 is 5.97 Å². The lowest BCUT2D eigenvalue weighted by Crippen LogP contribution is -2.30. The van der Waals surface area contributed by atoms with Gasteiger partial charge in [0.2, 0.25) is 0 Å². The van der Waals surface area contributed by atoms with Crippen LogP contribution in [0.5, 0.6) is 0 Å². The summed E-state index contributed by atoms with van der Waals surface area (Å²) in [5.74, 6) is -1.14. The highest BCUT2D eigenvalue weighted by molar-refractivity contribution is 6.35. The van der Waals surface area contributed by atoms with E-state index in [4.69, 9.17) is 27.9 Å². The van der Waals surface area contributed by atoms with Crippen molar-refractivity contribution in [2.24, 2.45) is 0 Å². The van der Waals surface area contributed by atoms with Crippen molar-refractivity contribution in [1.82, 2.24) is 0 Å². The van der Waals surface area contributed by atoms with Gasteiger partial charge in [0, 0.05) is 10.7 Å². The van der Waals surface area contributed by atoms with Crippen molar-refractivity contribution in [3.63, 3.8) is 0 Å². The number of halogens is 2. The monoisotopic (exact) mass is 337 g/mol. The first-order valence-electron chi connectivity index (χ1n) is 6.49. The van der Waals surface area contributed by atoms with Crippen LogP contribution in [0.15, 0.2) is 48.5 Å². The lowest BCUT2D eigenvalue weighted by Gasteiger charge is -2.14. The van der Waals surface area contributed by atoms with Gasteiger partial charge in [-0.3, -0.25) is 4.79 Å². The summed E-state index contributed by atoms with van der Waals surface area (Å²) in [6.45, 7) is 1.48. The lowest BCUT2D eigenvalue weighted by molar-refractivity contribution is -0.123. The number of benzene rings is 2. The summed E-state index contributed by atoms with van der Waals surface area (Å²) in [7, 11) is 0. The minimum Gasteiger partial charge on any atom is -0.449 e. The maximum absolute atomic E-state index is 12.0. The number of ether oxygens (including phenoxy) is 1. The first-order chi connectivity index (χ1) is 10.5. The number of carbonyl (C=O) groups is 2. The smallest absolute Gasteiger partial charge is 0.340 e. The molecule has 0 aliphatic carbocycles. The third kappa shape index (κ3) is 4.23. The van der Waals surface area contributed by atoms with Crippen LogP contribution in [0.2, 0.25) is 10.0 Å². The summed E-state index contributed by atoms with van der Waals surface area (Å²) in [4.78, 5) is 24.0. The van der Waals surface area contributed by atoms with E-state index in [9.17, 15) is 9.59 Å². The molecule has 1 amide bonds. The van der Waals surface area contributed by atoms with Crippen molar-refractivity contribution >= 4 is 40.8 Å². The fourth-order valence-electron chi connectivity index (χ4n) is 1.70. The van der Waals surface area contributed by atoms with Gasteiger partial charge in [-0.25, -0.2) is 4.79 Å². The topological polar surface area (TPSA) is 55.4 Å². The number of para-hydroxylation sites is 1. The number of hydrogen-bond donors (Lipinski definition) is 1. The van der Waals surface area contributed by atoms with Gasteiger partial charge in [-0.05, 0) is 37.3 Å². The first-order valence-corrected chi connectivity index (χ1v) is 7.25. The zero-order valence-electron chi connectivity index (χ0n) is 11.7. The maximum Gasteiger partial charge on any atom is 0.340 e. The van der Waals surface area contributed by atoms with Gasteiger partial charge in [-0.2, -0.15) is 0 Å². The SMILES string of the molecule is CC(OC(=O)c1cc(Cl)ccc1Cl)C(=O)Nc1ccccc1. The Hall–Kier alpha value is -2.04. The Balaban J connectivity index is 2.01. The summed E-state index contributed by atoms with van der Waals surface area (Å²) < 4.78 is 5.11. The van der Waals surface area contributed by atoms with Crippen LogP contribution < -0.4 is 5.32 Å². The van der Waals surface area contributed by atoms with E-state index in [0.29, 0.717) is 10.7 Å². The van der Waals surface area contributed by atoms with Gasteiger partial charge in [0.15, 0.2) is 6.10 Å². The first kappa shape index (κ1) is 16.3. The van der Waals surface area contributed by atoms with Crippen molar-refractivity contribution < 1.29 is 14.3 Å². The summed E-state index contributed by atoms with van der Waals surface area (Å²) in [6.07, 6.45) is -0.970. The Bertz CT molecular complexity index is 689. The highest BCUT2D eigenvalue weighted by Gasteiger charge is 2.20.